The lowest BCUT2D eigenvalue weighted by Gasteiger charge is -2.24. The minimum atomic E-state index is -1.37. The van der Waals surface area contributed by atoms with Gasteiger partial charge in [-0.3, -0.25) is 19.2 Å². The van der Waals surface area contributed by atoms with Crippen LogP contribution in [0.1, 0.15) is 18.5 Å². The molecular formula is C17H26N6O8S. The Morgan fingerprint density at radius 1 is 1.03 bits per heavy atom. The van der Waals surface area contributed by atoms with E-state index in [1.54, 1.807) is 0 Å². The Hall–Kier alpha value is -3.17. The minimum absolute atomic E-state index is 0.0926. The Morgan fingerprint density at radius 2 is 1.62 bits per heavy atom. The van der Waals surface area contributed by atoms with E-state index < -0.39 is 66.9 Å². The van der Waals surface area contributed by atoms with E-state index >= 15 is 0 Å². The van der Waals surface area contributed by atoms with Gasteiger partial charge in [0.2, 0.25) is 17.7 Å². The summed E-state index contributed by atoms with van der Waals surface area (Å²) in [4.78, 5) is 65.8. The lowest BCUT2D eigenvalue weighted by atomic mass is 10.1. The van der Waals surface area contributed by atoms with E-state index in [4.69, 9.17) is 15.9 Å². The number of aliphatic carboxylic acids is 2. The predicted molar refractivity (Wildman–Crippen MR) is 112 cm³/mol. The molecule has 14 nitrogen and oxygen atoms in total. The summed E-state index contributed by atoms with van der Waals surface area (Å²) in [6, 6.07) is -5.32. The highest BCUT2D eigenvalue weighted by Gasteiger charge is 2.30. The van der Waals surface area contributed by atoms with Crippen LogP contribution in [0.25, 0.3) is 0 Å². The molecule has 4 atom stereocenters. The number of imidazole rings is 1. The second-order valence-corrected chi connectivity index (χ2v) is 7.07. The van der Waals surface area contributed by atoms with E-state index in [2.05, 4.69) is 38.5 Å². The fourth-order valence-corrected chi connectivity index (χ4v) is 2.71. The third kappa shape index (κ3) is 8.91. The van der Waals surface area contributed by atoms with Crippen molar-refractivity contribution in [3.63, 3.8) is 0 Å². The minimum Gasteiger partial charge on any atom is -0.481 e. The number of thiol groups is 1. The topological polar surface area (TPSA) is 237 Å². The zero-order chi connectivity index (χ0) is 24.3. The molecular weight excluding hydrogens is 448 g/mol. The van der Waals surface area contributed by atoms with Crippen LogP contribution in [-0.2, 0) is 30.4 Å². The fraction of sp³-hybridized carbons (Fsp3) is 0.529. The highest BCUT2D eigenvalue weighted by molar-refractivity contribution is 7.80. The van der Waals surface area contributed by atoms with E-state index in [0.717, 1.165) is 0 Å². The van der Waals surface area contributed by atoms with Gasteiger partial charge in [0.15, 0.2) is 0 Å². The fourth-order valence-electron chi connectivity index (χ4n) is 2.45. The van der Waals surface area contributed by atoms with Crippen molar-refractivity contribution in [2.75, 3.05) is 12.4 Å². The number of carbonyl (C=O) groups excluding carboxylic acids is 3. The molecule has 1 rings (SSSR count). The standard InChI is InChI=1S/C17H26N6O8S/c18-9(5-24)14(27)21-10(1-2-13(25)26)15(28)23-12(6-32)16(29)22-11(17(30)31)3-8-4-19-7-20-8/h4,7,9-12,24,32H,1-3,5-6,18H2,(H,19,20)(H,21,27)(H,22,29)(H,23,28)(H,25,26)(H,30,31). The largest absolute Gasteiger partial charge is 0.481 e. The van der Waals surface area contributed by atoms with E-state index in [0.29, 0.717) is 5.69 Å². The van der Waals surface area contributed by atoms with Crippen LogP contribution in [0.15, 0.2) is 12.5 Å². The number of carbonyl (C=O) groups is 5. The van der Waals surface area contributed by atoms with Gasteiger partial charge in [0.05, 0.1) is 12.9 Å². The lowest BCUT2D eigenvalue weighted by Crippen LogP contribution is -2.58. The molecule has 4 unspecified atom stereocenters. The molecule has 0 aliphatic rings. The molecule has 9 N–H and O–H groups in total. The average molecular weight is 474 g/mol. The molecule has 0 fully saturated rings. The summed E-state index contributed by atoms with van der Waals surface area (Å²) in [5.41, 5.74) is 5.85. The summed E-state index contributed by atoms with van der Waals surface area (Å²) in [5.74, 6) is -5.41. The van der Waals surface area contributed by atoms with Crippen LogP contribution in [-0.4, -0.2) is 91.5 Å². The monoisotopic (exact) mass is 474 g/mol. The number of aromatic nitrogens is 2. The molecule has 0 aliphatic carbocycles. The number of rotatable bonds is 14. The maximum Gasteiger partial charge on any atom is 0.326 e. The number of nitrogens with two attached hydrogens (primary N) is 1. The normalized spacial score (nSPS) is 14.5. The Labute approximate surface area is 187 Å². The molecule has 1 aromatic heterocycles. The zero-order valence-corrected chi connectivity index (χ0v) is 17.7. The van der Waals surface area contributed by atoms with Crippen molar-refractivity contribution < 1.29 is 39.3 Å². The molecule has 0 saturated heterocycles. The van der Waals surface area contributed by atoms with Gasteiger partial charge in [0, 0.05) is 30.5 Å². The summed E-state index contributed by atoms with van der Waals surface area (Å²) in [5, 5.41) is 34.0. The van der Waals surface area contributed by atoms with Gasteiger partial charge in [-0.1, -0.05) is 0 Å². The van der Waals surface area contributed by atoms with E-state index in [9.17, 15) is 29.1 Å². The second-order valence-electron chi connectivity index (χ2n) is 6.71. The lowest BCUT2D eigenvalue weighted by molar-refractivity contribution is -0.142. The molecule has 15 heteroatoms. The highest BCUT2D eigenvalue weighted by Crippen LogP contribution is 2.03. The van der Waals surface area contributed by atoms with E-state index in [1.165, 1.54) is 12.5 Å². The Morgan fingerprint density at radius 3 is 2.12 bits per heavy atom. The quantitative estimate of drug-likeness (QED) is 0.121. The molecule has 0 saturated carbocycles. The number of carboxylic acids is 2. The van der Waals surface area contributed by atoms with Crippen LogP contribution in [0.3, 0.4) is 0 Å². The molecule has 0 aliphatic heterocycles. The van der Waals surface area contributed by atoms with Gasteiger partial charge < -0.3 is 42.0 Å². The first-order chi connectivity index (χ1) is 15.1. The maximum absolute atomic E-state index is 12.6. The number of hydrogen-bond acceptors (Lipinski definition) is 9. The van der Waals surface area contributed by atoms with Gasteiger partial charge >= 0.3 is 11.9 Å². The van der Waals surface area contributed by atoms with Crippen LogP contribution in [0.4, 0.5) is 0 Å². The number of aliphatic hydroxyl groups is 1. The summed E-state index contributed by atoms with van der Waals surface area (Å²) in [6.45, 7) is -0.701. The summed E-state index contributed by atoms with van der Waals surface area (Å²) in [7, 11) is 0. The molecule has 1 heterocycles. The average Bonchev–Trinajstić information content (AvgIpc) is 3.26. The Bertz CT molecular complexity index is 805. The van der Waals surface area contributed by atoms with Gasteiger partial charge in [0.25, 0.3) is 0 Å². The van der Waals surface area contributed by atoms with E-state index in [1.807, 2.05) is 0 Å². The molecule has 178 valence electrons. The number of nitrogens with zero attached hydrogens (tertiary/aromatic N) is 1. The predicted octanol–water partition coefficient (Wildman–Crippen LogP) is -3.39. The van der Waals surface area contributed by atoms with Gasteiger partial charge in [-0.15, -0.1) is 0 Å². The van der Waals surface area contributed by atoms with Crippen LogP contribution < -0.4 is 21.7 Å². The first-order valence-electron chi connectivity index (χ1n) is 9.39. The van der Waals surface area contributed by atoms with Crippen molar-refractivity contribution in [1.29, 1.82) is 0 Å². The van der Waals surface area contributed by atoms with Gasteiger partial charge in [-0.25, -0.2) is 9.78 Å². The second kappa shape index (κ2) is 13.3. The van der Waals surface area contributed by atoms with Crippen LogP contribution in [0.5, 0.6) is 0 Å². The third-order valence-electron chi connectivity index (χ3n) is 4.22. The van der Waals surface area contributed by atoms with Crippen molar-refractivity contribution in [3.05, 3.63) is 18.2 Å². The Balaban J connectivity index is 2.84. The summed E-state index contributed by atoms with van der Waals surface area (Å²) in [6.07, 6.45) is 1.86. The van der Waals surface area contributed by atoms with Gasteiger partial charge in [-0.2, -0.15) is 12.6 Å². The molecule has 0 spiro atoms. The number of amides is 3. The third-order valence-corrected chi connectivity index (χ3v) is 4.59. The number of hydrogen-bond donors (Lipinski definition) is 9. The number of nitrogens with one attached hydrogen (secondary N) is 4. The van der Waals surface area contributed by atoms with Crippen molar-refractivity contribution in [1.82, 2.24) is 25.9 Å². The number of carboxylic acid groups (broad SMARTS) is 2. The summed E-state index contributed by atoms with van der Waals surface area (Å²) >= 11 is 3.99. The zero-order valence-electron chi connectivity index (χ0n) is 16.9. The number of H-pyrrole nitrogens is 1. The van der Waals surface area contributed by atoms with Crippen molar-refractivity contribution in [2.24, 2.45) is 5.73 Å². The molecule has 0 aromatic carbocycles. The van der Waals surface area contributed by atoms with Crippen LogP contribution in [0, 0.1) is 0 Å². The molecule has 0 bridgehead atoms. The first-order valence-corrected chi connectivity index (χ1v) is 10.0. The summed E-state index contributed by atoms with van der Waals surface area (Å²) < 4.78 is 0. The highest BCUT2D eigenvalue weighted by atomic mass is 32.1. The smallest absolute Gasteiger partial charge is 0.326 e. The van der Waals surface area contributed by atoms with Crippen LogP contribution >= 0.6 is 12.6 Å². The van der Waals surface area contributed by atoms with Crippen molar-refractivity contribution >= 4 is 42.3 Å². The Kier molecular flexibility index (Phi) is 11.2. The molecule has 32 heavy (non-hydrogen) atoms. The SMILES string of the molecule is NC(CO)C(=O)NC(CCC(=O)O)C(=O)NC(CS)C(=O)NC(Cc1cnc[nH]1)C(=O)O. The first kappa shape index (κ1) is 26.9. The molecule has 1 aromatic rings. The molecule has 3 amide bonds. The van der Waals surface area contributed by atoms with Gasteiger partial charge in [0.1, 0.15) is 24.2 Å². The number of aromatic amines is 1. The van der Waals surface area contributed by atoms with Gasteiger partial charge in [-0.05, 0) is 6.42 Å². The number of aliphatic hydroxyl groups excluding tert-OH is 1. The van der Waals surface area contributed by atoms with Crippen LogP contribution in [0.2, 0.25) is 0 Å². The molecule has 0 radical (unpaired) electrons. The maximum atomic E-state index is 12.6. The van der Waals surface area contributed by atoms with E-state index in [-0.39, 0.29) is 18.6 Å². The van der Waals surface area contributed by atoms with Crippen molar-refractivity contribution in [2.45, 2.75) is 43.4 Å². The van der Waals surface area contributed by atoms with Crippen molar-refractivity contribution in [3.8, 4) is 0 Å².